The highest BCUT2D eigenvalue weighted by atomic mass is 32.2. The van der Waals surface area contributed by atoms with Gasteiger partial charge in [0.25, 0.3) is 5.22 Å². The zero-order valence-corrected chi connectivity index (χ0v) is 17.2. The van der Waals surface area contributed by atoms with Crippen LogP contribution in [0.3, 0.4) is 0 Å². The molecule has 0 aliphatic heterocycles. The van der Waals surface area contributed by atoms with Crippen LogP contribution in [0.15, 0.2) is 58.2 Å². The summed E-state index contributed by atoms with van der Waals surface area (Å²) >= 11 is 1.19. The minimum atomic E-state index is -0.159. The maximum Gasteiger partial charge on any atom is 0.277 e. The summed E-state index contributed by atoms with van der Waals surface area (Å²) in [6.45, 7) is 2.83. The van der Waals surface area contributed by atoms with Crippen molar-refractivity contribution in [3.05, 3.63) is 48.5 Å². The summed E-state index contributed by atoms with van der Waals surface area (Å²) in [4.78, 5) is 12.1. The van der Waals surface area contributed by atoms with E-state index in [9.17, 15) is 4.79 Å². The summed E-state index contributed by atoms with van der Waals surface area (Å²) in [6.07, 6.45) is 2.12. The van der Waals surface area contributed by atoms with E-state index in [0.29, 0.717) is 23.4 Å². The molecule has 1 aromatic heterocycles. The van der Waals surface area contributed by atoms with E-state index in [-0.39, 0.29) is 11.7 Å². The Bertz CT molecular complexity index is 910. The lowest BCUT2D eigenvalue weighted by Crippen LogP contribution is -2.13. The van der Waals surface area contributed by atoms with E-state index in [1.807, 2.05) is 24.3 Å². The molecular formula is C21H23N3O4S. The van der Waals surface area contributed by atoms with Crippen LogP contribution >= 0.6 is 11.8 Å². The Labute approximate surface area is 173 Å². The van der Waals surface area contributed by atoms with Crippen molar-refractivity contribution >= 4 is 23.4 Å². The molecule has 0 saturated carbocycles. The van der Waals surface area contributed by atoms with E-state index in [4.69, 9.17) is 13.9 Å². The molecule has 2 aromatic carbocycles. The number of amides is 1. The second-order valence-corrected chi connectivity index (χ2v) is 7.09. The highest BCUT2D eigenvalue weighted by Crippen LogP contribution is 2.25. The van der Waals surface area contributed by atoms with E-state index in [2.05, 4.69) is 22.4 Å². The fourth-order valence-corrected chi connectivity index (χ4v) is 2.97. The minimum absolute atomic E-state index is 0.159. The van der Waals surface area contributed by atoms with Gasteiger partial charge in [-0.1, -0.05) is 25.1 Å². The number of rotatable bonds is 10. The number of benzene rings is 2. The van der Waals surface area contributed by atoms with Gasteiger partial charge in [0.05, 0.1) is 19.5 Å². The number of carbonyl (C=O) groups is 1. The zero-order valence-electron chi connectivity index (χ0n) is 16.4. The second kappa shape index (κ2) is 10.5. The van der Waals surface area contributed by atoms with Gasteiger partial charge in [0, 0.05) is 11.3 Å². The van der Waals surface area contributed by atoms with Crippen LogP contribution in [0.1, 0.15) is 19.8 Å². The van der Waals surface area contributed by atoms with Crippen LogP contribution in [-0.4, -0.2) is 35.6 Å². The van der Waals surface area contributed by atoms with Gasteiger partial charge in [-0.2, -0.15) is 0 Å². The van der Waals surface area contributed by atoms with Crippen molar-refractivity contribution in [3.63, 3.8) is 0 Å². The fraction of sp³-hybridized carbons (Fsp3) is 0.286. The number of aromatic nitrogens is 2. The smallest absolute Gasteiger partial charge is 0.277 e. The van der Waals surface area contributed by atoms with Gasteiger partial charge in [-0.3, -0.25) is 4.79 Å². The molecule has 1 heterocycles. The average molecular weight is 413 g/mol. The summed E-state index contributed by atoms with van der Waals surface area (Å²) in [6, 6.07) is 14.6. The van der Waals surface area contributed by atoms with Gasteiger partial charge >= 0.3 is 0 Å². The molecule has 1 amide bonds. The average Bonchev–Trinajstić information content (AvgIpc) is 3.23. The number of carbonyl (C=O) groups excluding carboxylic acids is 1. The maximum absolute atomic E-state index is 12.1. The molecule has 0 spiro atoms. The molecule has 1 N–H and O–H groups in total. The number of hydrogen-bond donors (Lipinski definition) is 1. The van der Waals surface area contributed by atoms with Gasteiger partial charge in [-0.05, 0) is 55.0 Å². The van der Waals surface area contributed by atoms with Gasteiger partial charge in [0.15, 0.2) is 0 Å². The number of methoxy groups -OCH3 is 1. The molecule has 0 fully saturated rings. The Morgan fingerprint density at radius 1 is 1.07 bits per heavy atom. The molecule has 7 nitrogen and oxygen atoms in total. The van der Waals surface area contributed by atoms with Crippen LogP contribution in [0.4, 0.5) is 5.69 Å². The van der Waals surface area contributed by atoms with Crippen molar-refractivity contribution in [1.29, 1.82) is 0 Å². The molecule has 0 unspecified atom stereocenters. The third-order valence-electron chi connectivity index (χ3n) is 3.97. The predicted molar refractivity (Wildman–Crippen MR) is 112 cm³/mol. The molecule has 0 radical (unpaired) electrons. The number of nitrogens with zero attached hydrogens (tertiary/aromatic N) is 2. The molecule has 3 rings (SSSR count). The van der Waals surface area contributed by atoms with Crippen molar-refractivity contribution in [2.75, 3.05) is 24.8 Å². The first-order valence-electron chi connectivity index (χ1n) is 9.31. The van der Waals surface area contributed by atoms with Crippen molar-refractivity contribution in [3.8, 4) is 23.0 Å². The van der Waals surface area contributed by atoms with Gasteiger partial charge in [-0.15, -0.1) is 10.2 Å². The lowest BCUT2D eigenvalue weighted by atomic mass is 10.2. The Morgan fingerprint density at radius 3 is 2.48 bits per heavy atom. The van der Waals surface area contributed by atoms with Gasteiger partial charge in [0.1, 0.15) is 11.5 Å². The lowest BCUT2D eigenvalue weighted by Gasteiger charge is -2.05. The van der Waals surface area contributed by atoms with E-state index in [0.717, 1.165) is 29.9 Å². The molecule has 0 aliphatic carbocycles. The third kappa shape index (κ3) is 6.25. The highest BCUT2D eigenvalue weighted by Gasteiger charge is 2.12. The van der Waals surface area contributed by atoms with Gasteiger partial charge in [-0.25, -0.2) is 0 Å². The first-order chi connectivity index (χ1) is 14.2. The lowest BCUT2D eigenvalue weighted by molar-refractivity contribution is -0.113. The number of anilines is 1. The van der Waals surface area contributed by atoms with Crippen LogP contribution in [0.25, 0.3) is 11.5 Å². The van der Waals surface area contributed by atoms with E-state index in [1.165, 1.54) is 11.8 Å². The van der Waals surface area contributed by atoms with Crippen molar-refractivity contribution in [2.24, 2.45) is 0 Å². The number of nitrogens with one attached hydrogen (secondary N) is 1. The molecule has 3 aromatic rings. The molecule has 8 heteroatoms. The molecule has 0 saturated heterocycles. The number of thioether (sulfide) groups is 1. The molecule has 0 bridgehead atoms. The summed E-state index contributed by atoms with van der Waals surface area (Å²) in [7, 11) is 1.60. The highest BCUT2D eigenvalue weighted by molar-refractivity contribution is 7.99. The van der Waals surface area contributed by atoms with Crippen LogP contribution in [0.5, 0.6) is 11.5 Å². The molecule has 0 aliphatic rings. The summed E-state index contributed by atoms with van der Waals surface area (Å²) < 4.78 is 16.4. The predicted octanol–water partition coefficient (Wildman–Crippen LogP) is 4.65. The Morgan fingerprint density at radius 2 is 1.79 bits per heavy atom. The SMILES string of the molecule is CCCCOc1ccc(-c2nnc(SCC(=O)Nc3ccc(OC)cc3)o2)cc1. The summed E-state index contributed by atoms with van der Waals surface area (Å²) in [5, 5.41) is 11.2. The zero-order chi connectivity index (χ0) is 20.5. The first-order valence-corrected chi connectivity index (χ1v) is 10.3. The monoisotopic (exact) mass is 413 g/mol. The third-order valence-corrected chi connectivity index (χ3v) is 4.79. The normalized spacial score (nSPS) is 10.6. The topological polar surface area (TPSA) is 86.5 Å². The number of ether oxygens (including phenoxy) is 2. The van der Waals surface area contributed by atoms with Crippen LogP contribution < -0.4 is 14.8 Å². The Kier molecular flexibility index (Phi) is 7.52. The number of hydrogen-bond acceptors (Lipinski definition) is 7. The summed E-state index contributed by atoms with van der Waals surface area (Å²) in [5.74, 6) is 1.96. The largest absolute Gasteiger partial charge is 0.497 e. The molecule has 0 atom stereocenters. The van der Waals surface area contributed by atoms with E-state index in [1.54, 1.807) is 31.4 Å². The van der Waals surface area contributed by atoms with Crippen LogP contribution in [0, 0.1) is 0 Å². The first kappa shape index (κ1) is 20.7. The van der Waals surface area contributed by atoms with Crippen LogP contribution in [-0.2, 0) is 4.79 Å². The van der Waals surface area contributed by atoms with E-state index < -0.39 is 0 Å². The molecule has 29 heavy (non-hydrogen) atoms. The Balaban J connectivity index is 1.49. The second-order valence-electron chi connectivity index (χ2n) is 6.16. The van der Waals surface area contributed by atoms with E-state index >= 15 is 0 Å². The van der Waals surface area contributed by atoms with Crippen molar-refractivity contribution < 1.29 is 18.7 Å². The Hall–Kier alpha value is -3.00. The standard InChI is InChI=1S/C21H23N3O4S/c1-3-4-13-27-18-9-5-15(6-10-18)20-23-24-21(28-20)29-14-19(25)22-16-7-11-17(26-2)12-8-16/h5-12H,3-4,13-14H2,1-2H3,(H,22,25). The summed E-state index contributed by atoms with van der Waals surface area (Å²) in [5.41, 5.74) is 1.50. The van der Waals surface area contributed by atoms with Crippen molar-refractivity contribution in [2.45, 2.75) is 25.0 Å². The fourth-order valence-electron chi connectivity index (χ4n) is 2.41. The van der Waals surface area contributed by atoms with Gasteiger partial charge in [0.2, 0.25) is 11.8 Å². The molecular weight excluding hydrogens is 390 g/mol. The van der Waals surface area contributed by atoms with Crippen LogP contribution in [0.2, 0.25) is 0 Å². The molecule has 152 valence electrons. The van der Waals surface area contributed by atoms with Gasteiger partial charge < -0.3 is 19.2 Å². The maximum atomic E-state index is 12.1. The quantitative estimate of drug-likeness (QED) is 0.382. The van der Waals surface area contributed by atoms with Crippen molar-refractivity contribution in [1.82, 2.24) is 10.2 Å². The number of unbranched alkanes of at least 4 members (excludes halogenated alkanes) is 1. The minimum Gasteiger partial charge on any atom is -0.497 e.